The Labute approximate surface area is 121 Å². The third-order valence-corrected chi connectivity index (χ3v) is 3.00. The van der Waals surface area contributed by atoms with Crippen LogP contribution in [0.4, 0.5) is 0 Å². The average molecular weight is 322 g/mol. The minimum atomic E-state index is 0.446. The SMILES string of the molecule is CCNCc1ccc(OCc2ccc(Br)cn2)cn1. The number of hydrogen-bond donors (Lipinski definition) is 1. The molecule has 2 heterocycles. The molecule has 0 bridgehead atoms. The molecule has 0 saturated carbocycles. The first-order chi connectivity index (χ1) is 9.28. The highest BCUT2D eigenvalue weighted by molar-refractivity contribution is 9.10. The zero-order chi connectivity index (χ0) is 13.5. The Hall–Kier alpha value is -1.46. The summed E-state index contributed by atoms with van der Waals surface area (Å²) in [5.74, 6) is 0.755. The molecule has 0 aromatic carbocycles. The van der Waals surface area contributed by atoms with E-state index < -0.39 is 0 Å². The molecule has 0 unspecified atom stereocenters. The largest absolute Gasteiger partial charge is 0.486 e. The second-order valence-electron chi connectivity index (χ2n) is 4.02. The summed E-state index contributed by atoms with van der Waals surface area (Å²) in [7, 11) is 0. The summed E-state index contributed by atoms with van der Waals surface area (Å²) >= 11 is 3.35. The van der Waals surface area contributed by atoms with E-state index in [0.717, 1.165) is 34.7 Å². The van der Waals surface area contributed by atoms with Crippen molar-refractivity contribution in [1.29, 1.82) is 0 Å². The molecular weight excluding hydrogens is 306 g/mol. The van der Waals surface area contributed by atoms with E-state index in [9.17, 15) is 0 Å². The molecule has 2 aromatic heterocycles. The van der Waals surface area contributed by atoms with Crippen LogP contribution in [-0.2, 0) is 13.2 Å². The van der Waals surface area contributed by atoms with E-state index in [1.807, 2.05) is 24.3 Å². The van der Waals surface area contributed by atoms with E-state index in [1.165, 1.54) is 0 Å². The van der Waals surface area contributed by atoms with Crippen LogP contribution in [0.25, 0.3) is 0 Å². The summed E-state index contributed by atoms with van der Waals surface area (Å²) in [4.78, 5) is 8.58. The van der Waals surface area contributed by atoms with Crippen LogP contribution in [-0.4, -0.2) is 16.5 Å². The molecule has 2 aromatic rings. The molecule has 0 aliphatic carbocycles. The Morgan fingerprint density at radius 3 is 2.53 bits per heavy atom. The van der Waals surface area contributed by atoms with Crippen LogP contribution < -0.4 is 10.1 Å². The molecule has 4 nitrogen and oxygen atoms in total. The number of nitrogens with zero attached hydrogens (tertiary/aromatic N) is 2. The van der Waals surface area contributed by atoms with Gasteiger partial charge in [0.1, 0.15) is 12.4 Å². The van der Waals surface area contributed by atoms with Crippen LogP contribution in [0.15, 0.2) is 41.1 Å². The fourth-order valence-electron chi connectivity index (χ4n) is 1.50. The number of nitrogens with one attached hydrogen (secondary N) is 1. The smallest absolute Gasteiger partial charge is 0.138 e. The number of aromatic nitrogens is 2. The Morgan fingerprint density at radius 2 is 1.89 bits per heavy atom. The van der Waals surface area contributed by atoms with Gasteiger partial charge in [0.2, 0.25) is 0 Å². The number of ether oxygens (including phenoxy) is 1. The van der Waals surface area contributed by atoms with Crippen LogP contribution in [0.2, 0.25) is 0 Å². The first-order valence-corrected chi connectivity index (χ1v) is 6.96. The van der Waals surface area contributed by atoms with Crippen molar-refractivity contribution < 1.29 is 4.74 Å². The van der Waals surface area contributed by atoms with Gasteiger partial charge in [0.25, 0.3) is 0 Å². The maximum absolute atomic E-state index is 5.63. The molecule has 0 spiro atoms. The summed E-state index contributed by atoms with van der Waals surface area (Å²) in [6, 6.07) is 7.77. The minimum absolute atomic E-state index is 0.446. The van der Waals surface area contributed by atoms with E-state index in [0.29, 0.717) is 6.61 Å². The lowest BCUT2D eigenvalue weighted by atomic mass is 10.3. The molecule has 0 fully saturated rings. The van der Waals surface area contributed by atoms with Crippen LogP contribution in [0.3, 0.4) is 0 Å². The van der Waals surface area contributed by atoms with Crippen LogP contribution in [0.5, 0.6) is 5.75 Å². The fourth-order valence-corrected chi connectivity index (χ4v) is 1.74. The molecule has 0 amide bonds. The molecule has 100 valence electrons. The monoisotopic (exact) mass is 321 g/mol. The van der Waals surface area contributed by atoms with E-state index in [2.05, 4.69) is 38.1 Å². The van der Waals surface area contributed by atoms with Gasteiger partial charge in [-0.25, -0.2) is 0 Å². The average Bonchev–Trinajstić information content (AvgIpc) is 2.46. The highest BCUT2D eigenvalue weighted by Crippen LogP contribution is 2.12. The van der Waals surface area contributed by atoms with Gasteiger partial charge in [-0.2, -0.15) is 0 Å². The van der Waals surface area contributed by atoms with Gasteiger partial charge in [0.05, 0.1) is 17.6 Å². The Balaban J connectivity index is 1.87. The van der Waals surface area contributed by atoms with Crippen molar-refractivity contribution in [3.8, 4) is 5.75 Å². The Morgan fingerprint density at radius 1 is 1.11 bits per heavy atom. The topological polar surface area (TPSA) is 47.0 Å². The van der Waals surface area contributed by atoms with Crippen LogP contribution >= 0.6 is 15.9 Å². The van der Waals surface area contributed by atoms with E-state index in [-0.39, 0.29) is 0 Å². The molecule has 1 N–H and O–H groups in total. The van der Waals surface area contributed by atoms with Crippen molar-refractivity contribution in [2.24, 2.45) is 0 Å². The second-order valence-corrected chi connectivity index (χ2v) is 4.94. The third kappa shape index (κ3) is 4.61. The van der Waals surface area contributed by atoms with Crippen molar-refractivity contribution in [2.45, 2.75) is 20.1 Å². The molecule has 0 saturated heterocycles. The quantitative estimate of drug-likeness (QED) is 0.888. The maximum atomic E-state index is 5.63. The lowest BCUT2D eigenvalue weighted by molar-refractivity contribution is 0.300. The first-order valence-electron chi connectivity index (χ1n) is 6.17. The molecule has 0 aliphatic heterocycles. The summed E-state index contributed by atoms with van der Waals surface area (Å²) in [6.07, 6.45) is 3.50. The number of halogens is 1. The van der Waals surface area contributed by atoms with Gasteiger partial charge in [0.15, 0.2) is 0 Å². The van der Waals surface area contributed by atoms with Gasteiger partial charge in [0, 0.05) is 17.2 Å². The number of pyridine rings is 2. The predicted octanol–water partition coefficient (Wildman–Crippen LogP) is 2.93. The zero-order valence-corrected chi connectivity index (χ0v) is 12.4. The van der Waals surface area contributed by atoms with Crippen molar-refractivity contribution in [1.82, 2.24) is 15.3 Å². The normalized spacial score (nSPS) is 10.4. The van der Waals surface area contributed by atoms with Gasteiger partial charge < -0.3 is 10.1 Å². The zero-order valence-electron chi connectivity index (χ0n) is 10.8. The van der Waals surface area contributed by atoms with Gasteiger partial charge in [-0.05, 0) is 46.7 Å². The van der Waals surface area contributed by atoms with Crippen LogP contribution in [0.1, 0.15) is 18.3 Å². The van der Waals surface area contributed by atoms with Gasteiger partial charge >= 0.3 is 0 Å². The van der Waals surface area contributed by atoms with Gasteiger partial charge in [-0.15, -0.1) is 0 Å². The molecule has 0 atom stereocenters. The van der Waals surface area contributed by atoms with Crippen LogP contribution in [0, 0.1) is 0 Å². The molecule has 19 heavy (non-hydrogen) atoms. The number of hydrogen-bond acceptors (Lipinski definition) is 4. The predicted molar refractivity (Wildman–Crippen MR) is 77.9 cm³/mol. The third-order valence-electron chi connectivity index (χ3n) is 2.53. The lowest BCUT2D eigenvalue weighted by Crippen LogP contribution is -2.12. The van der Waals surface area contributed by atoms with E-state index in [1.54, 1.807) is 12.4 Å². The molecular formula is C14H16BrN3O. The maximum Gasteiger partial charge on any atom is 0.138 e. The standard InChI is InChI=1S/C14H16BrN3O/c1-2-16-8-12-5-6-14(9-18-12)19-10-13-4-3-11(15)7-17-13/h3-7,9,16H,2,8,10H2,1H3. The summed E-state index contributed by atoms with van der Waals surface area (Å²) in [5, 5.41) is 3.23. The number of rotatable bonds is 6. The van der Waals surface area contributed by atoms with Crippen molar-refractivity contribution in [2.75, 3.05) is 6.54 Å². The van der Waals surface area contributed by atoms with E-state index in [4.69, 9.17) is 4.74 Å². The molecule has 2 rings (SSSR count). The molecule has 5 heteroatoms. The highest BCUT2D eigenvalue weighted by Gasteiger charge is 1.99. The summed E-state index contributed by atoms with van der Waals surface area (Å²) in [6.45, 7) is 4.24. The van der Waals surface area contributed by atoms with Crippen molar-refractivity contribution in [3.63, 3.8) is 0 Å². The minimum Gasteiger partial charge on any atom is -0.486 e. The Kier molecular flexibility index (Phi) is 5.30. The molecule has 0 radical (unpaired) electrons. The Bertz CT molecular complexity index is 499. The first kappa shape index (κ1) is 14.0. The van der Waals surface area contributed by atoms with Crippen molar-refractivity contribution >= 4 is 15.9 Å². The summed E-state index contributed by atoms with van der Waals surface area (Å²) in [5.41, 5.74) is 1.90. The lowest BCUT2D eigenvalue weighted by Gasteiger charge is -2.06. The summed E-state index contributed by atoms with van der Waals surface area (Å²) < 4.78 is 6.59. The van der Waals surface area contributed by atoms with Crippen molar-refractivity contribution in [3.05, 3.63) is 52.5 Å². The second kappa shape index (κ2) is 7.21. The van der Waals surface area contributed by atoms with E-state index >= 15 is 0 Å². The highest BCUT2D eigenvalue weighted by atomic mass is 79.9. The van der Waals surface area contributed by atoms with Gasteiger partial charge in [-0.3, -0.25) is 9.97 Å². The van der Waals surface area contributed by atoms with Gasteiger partial charge in [-0.1, -0.05) is 6.92 Å². The molecule has 0 aliphatic rings. The fraction of sp³-hybridized carbons (Fsp3) is 0.286.